The van der Waals surface area contributed by atoms with Crippen LogP contribution in [0.15, 0.2) is 18.2 Å². The summed E-state index contributed by atoms with van der Waals surface area (Å²) in [5.41, 5.74) is 0.765. The first-order valence-corrected chi connectivity index (χ1v) is 7.77. The number of hydrogen-bond acceptors (Lipinski definition) is 3. The molecule has 0 bridgehead atoms. The lowest BCUT2D eigenvalue weighted by atomic mass is 10.1. The maximum Gasteiger partial charge on any atom is 0.227 e. The predicted octanol–water partition coefficient (Wildman–Crippen LogP) is 1.59. The zero-order valence-electron chi connectivity index (χ0n) is 12.3. The van der Waals surface area contributed by atoms with E-state index in [1.807, 2.05) is 0 Å². The van der Waals surface area contributed by atoms with Crippen molar-refractivity contribution in [3.63, 3.8) is 0 Å². The molecule has 5 nitrogen and oxygen atoms in total. The molecular formula is C15H18Cl2N2O3. The van der Waals surface area contributed by atoms with Crippen LogP contribution >= 0.6 is 23.2 Å². The summed E-state index contributed by atoms with van der Waals surface area (Å²) in [6, 6.07) is 5.07. The van der Waals surface area contributed by atoms with Gasteiger partial charge < -0.3 is 14.9 Å². The van der Waals surface area contributed by atoms with E-state index in [0.717, 1.165) is 5.56 Å². The van der Waals surface area contributed by atoms with Crippen LogP contribution in [0.3, 0.4) is 0 Å². The number of benzene rings is 1. The number of carbonyl (C=O) groups excluding carboxylic acids is 2. The Morgan fingerprint density at radius 1 is 1.18 bits per heavy atom. The molecule has 1 aliphatic rings. The molecule has 120 valence electrons. The van der Waals surface area contributed by atoms with E-state index in [2.05, 4.69) is 0 Å². The van der Waals surface area contributed by atoms with Crippen LogP contribution < -0.4 is 0 Å². The average molecular weight is 345 g/mol. The SMILES string of the molecule is CC(=O)N1CCN(C(=O)Cc2ccc(Cl)c(Cl)c2)C[C@H](O)C1. The van der Waals surface area contributed by atoms with Gasteiger partial charge in [0.1, 0.15) is 0 Å². The number of β-amino-alcohol motifs (C(OH)–C–C–N with tert-alkyl or cyclic N) is 1. The molecule has 7 heteroatoms. The van der Waals surface area contributed by atoms with Crippen LogP contribution in [0.2, 0.25) is 10.0 Å². The molecule has 1 saturated heterocycles. The van der Waals surface area contributed by atoms with Crippen LogP contribution in [-0.2, 0) is 16.0 Å². The Bertz CT molecular complexity index is 580. The molecule has 1 atom stereocenters. The number of carbonyl (C=O) groups is 2. The van der Waals surface area contributed by atoms with Crippen molar-refractivity contribution in [2.24, 2.45) is 0 Å². The van der Waals surface area contributed by atoms with Crippen LogP contribution in [0.1, 0.15) is 12.5 Å². The largest absolute Gasteiger partial charge is 0.389 e. The Morgan fingerprint density at radius 2 is 1.82 bits per heavy atom. The lowest BCUT2D eigenvalue weighted by molar-refractivity contribution is -0.132. The van der Waals surface area contributed by atoms with Crippen molar-refractivity contribution in [2.45, 2.75) is 19.4 Å². The normalized spacial score (nSPS) is 19.0. The molecule has 0 saturated carbocycles. The first-order valence-electron chi connectivity index (χ1n) is 7.02. The second kappa shape index (κ2) is 7.31. The molecular weight excluding hydrogens is 327 g/mol. The summed E-state index contributed by atoms with van der Waals surface area (Å²) in [5, 5.41) is 10.8. The van der Waals surface area contributed by atoms with Crippen molar-refractivity contribution in [3.05, 3.63) is 33.8 Å². The van der Waals surface area contributed by atoms with Gasteiger partial charge in [0.2, 0.25) is 11.8 Å². The highest BCUT2D eigenvalue weighted by Gasteiger charge is 2.25. The van der Waals surface area contributed by atoms with Gasteiger partial charge in [-0.05, 0) is 17.7 Å². The average Bonchev–Trinajstić information content (AvgIpc) is 2.65. The van der Waals surface area contributed by atoms with Gasteiger partial charge in [0.25, 0.3) is 0 Å². The van der Waals surface area contributed by atoms with Crippen molar-refractivity contribution in [3.8, 4) is 0 Å². The standard InChI is InChI=1S/C15H18Cl2N2O3/c1-10(20)18-4-5-19(9-12(21)8-18)15(22)7-11-2-3-13(16)14(17)6-11/h2-3,6,12,21H,4-5,7-9H2,1H3/t12-/m1/s1. The first kappa shape index (κ1) is 17.1. The molecule has 0 aromatic heterocycles. The van der Waals surface area contributed by atoms with Crippen LogP contribution in [0.5, 0.6) is 0 Å². The molecule has 0 spiro atoms. The van der Waals surface area contributed by atoms with Crippen LogP contribution in [0.4, 0.5) is 0 Å². The van der Waals surface area contributed by atoms with Gasteiger partial charge in [-0.25, -0.2) is 0 Å². The third-order valence-electron chi connectivity index (χ3n) is 3.64. The number of aliphatic hydroxyl groups excluding tert-OH is 1. The minimum absolute atomic E-state index is 0.0992. The van der Waals surface area contributed by atoms with Crippen LogP contribution in [0.25, 0.3) is 0 Å². The summed E-state index contributed by atoms with van der Waals surface area (Å²) in [5.74, 6) is -0.208. The maximum absolute atomic E-state index is 12.4. The minimum atomic E-state index is -0.732. The Kier molecular flexibility index (Phi) is 5.67. The van der Waals surface area contributed by atoms with Crippen LogP contribution in [0, 0.1) is 0 Å². The Morgan fingerprint density at radius 3 is 2.45 bits per heavy atom. The number of nitrogens with zero attached hydrogens (tertiary/aromatic N) is 2. The summed E-state index contributed by atoms with van der Waals surface area (Å²) in [7, 11) is 0. The van der Waals surface area contributed by atoms with E-state index < -0.39 is 6.10 Å². The van der Waals surface area contributed by atoms with Crippen molar-refractivity contribution in [1.29, 1.82) is 0 Å². The monoisotopic (exact) mass is 344 g/mol. The summed E-state index contributed by atoms with van der Waals surface area (Å²) >= 11 is 11.8. The minimum Gasteiger partial charge on any atom is -0.389 e. The van der Waals surface area contributed by atoms with E-state index in [-0.39, 0.29) is 31.3 Å². The number of rotatable bonds is 2. The van der Waals surface area contributed by atoms with Gasteiger partial charge in [-0.1, -0.05) is 29.3 Å². The fourth-order valence-electron chi connectivity index (χ4n) is 2.44. The molecule has 2 amide bonds. The van der Waals surface area contributed by atoms with Crippen molar-refractivity contribution >= 4 is 35.0 Å². The Labute approximate surface area is 139 Å². The van der Waals surface area contributed by atoms with Gasteiger partial charge in [-0.3, -0.25) is 9.59 Å². The molecule has 0 radical (unpaired) electrons. The molecule has 1 fully saturated rings. The van der Waals surface area contributed by atoms with Gasteiger partial charge in [0.15, 0.2) is 0 Å². The number of aliphatic hydroxyl groups is 1. The highest BCUT2D eigenvalue weighted by Crippen LogP contribution is 2.23. The Balaban J connectivity index is 2.02. The zero-order valence-corrected chi connectivity index (χ0v) is 13.8. The first-order chi connectivity index (χ1) is 10.4. The molecule has 0 aliphatic carbocycles. The van der Waals surface area contributed by atoms with Crippen molar-refractivity contribution in [2.75, 3.05) is 26.2 Å². The van der Waals surface area contributed by atoms with Gasteiger partial charge >= 0.3 is 0 Å². The topological polar surface area (TPSA) is 60.9 Å². The molecule has 1 N–H and O–H groups in total. The molecule has 0 unspecified atom stereocenters. The highest BCUT2D eigenvalue weighted by atomic mass is 35.5. The molecule has 22 heavy (non-hydrogen) atoms. The van der Waals surface area contributed by atoms with Crippen molar-refractivity contribution < 1.29 is 14.7 Å². The van der Waals surface area contributed by atoms with E-state index in [4.69, 9.17) is 23.2 Å². The maximum atomic E-state index is 12.4. The second-order valence-corrected chi connectivity index (χ2v) is 6.20. The predicted molar refractivity (Wildman–Crippen MR) is 85.0 cm³/mol. The summed E-state index contributed by atoms with van der Waals surface area (Å²) in [6.45, 7) is 2.78. The molecule has 2 rings (SSSR count). The second-order valence-electron chi connectivity index (χ2n) is 5.38. The Hall–Kier alpha value is -1.30. The zero-order chi connectivity index (χ0) is 16.3. The summed E-state index contributed by atoms with van der Waals surface area (Å²) < 4.78 is 0. The molecule has 1 heterocycles. The van der Waals surface area contributed by atoms with Gasteiger partial charge in [-0.2, -0.15) is 0 Å². The lowest BCUT2D eigenvalue weighted by Crippen LogP contribution is -2.38. The number of amides is 2. The molecule has 1 aromatic rings. The quantitative estimate of drug-likeness (QED) is 0.886. The third-order valence-corrected chi connectivity index (χ3v) is 4.38. The van der Waals surface area contributed by atoms with Gasteiger partial charge in [0, 0.05) is 33.1 Å². The van der Waals surface area contributed by atoms with Gasteiger partial charge in [-0.15, -0.1) is 0 Å². The molecule has 1 aromatic carbocycles. The van der Waals surface area contributed by atoms with Crippen molar-refractivity contribution in [1.82, 2.24) is 9.80 Å². The summed E-state index contributed by atoms with van der Waals surface area (Å²) in [6.07, 6.45) is -0.548. The molecule has 1 aliphatic heterocycles. The van der Waals surface area contributed by atoms with E-state index >= 15 is 0 Å². The summed E-state index contributed by atoms with van der Waals surface area (Å²) in [4.78, 5) is 26.9. The highest BCUT2D eigenvalue weighted by molar-refractivity contribution is 6.42. The number of halogens is 2. The fourth-order valence-corrected chi connectivity index (χ4v) is 2.76. The fraction of sp³-hybridized carbons (Fsp3) is 0.467. The van der Waals surface area contributed by atoms with E-state index in [0.29, 0.717) is 23.1 Å². The van der Waals surface area contributed by atoms with Crippen LogP contribution in [-0.4, -0.2) is 59.0 Å². The van der Waals surface area contributed by atoms with E-state index in [9.17, 15) is 14.7 Å². The number of hydrogen-bond donors (Lipinski definition) is 1. The van der Waals surface area contributed by atoms with Gasteiger partial charge in [0.05, 0.1) is 22.6 Å². The van der Waals surface area contributed by atoms with E-state index in [1.165, 1.54) is 6.92 Å². The lowest BCUT2D eigenvalue weighted by Gasteiger charge is -2.21. The smallest absolute Gasteiger partial charge is 0.227 e. The van der Waals surface area contributed by atoms with E-state index in [1.54, 1.807) is 28.0 Å². The third kappa shape index (κ3) is 4.35.